The third-order valence-electron chi connectivity index (χ3n) is 0.661. The van der Waals surface area contributed by atoms with Crippen molar-refractivity contribution in [3.63, 3.8) is 0 Å². The Morgan fingerprint density at radius 2 is 2.00 bits per heavy atom. The summed E-state index contributed by atoms with van der Waals surface area (Å²) >= 11 is 0. The summed E-state index contributed by atoms with van der Waals surface area (Å²) in [5.41, 5.74) is 0. The van der Waals surface area contributed by atoms with E-state index in [1.54, 1.807) is 0 Å². The lowest BCUT2D eigenvalue weighted by molar-refractivity contribution is -0.0697. The number of rotatable bonds is 2. The zero-order valence-corrected chi connectivity index (χ0v) is 5.46. The molecule has 0 aliphatic heterocycles. The van der Waals surface area contributed by atoms with Crippen LogP contribution in [-0.4, -0.2) is 19.9 Å². The molecule has 0 amide bonds. The van der Waals surface area contributed by atoms with Crippen molar-refractivity contribution < 1.29 is 17.9 Å². The summed E-state index contributed by atoms with van der Waals surface area (Å²) in [6, 6.07) is 0. The van der Waals surface area contributed by atoms with Crippen molar-refractivity contribution in [2.75, 3.05) is 13.7 Å². The van der Waals surface area contributed by atoms with E-state index in [0.29, 0.717) is 0 Å². The summed E-state index contributed by atoms with van der Waals surface area (Å²) in [7, 11) is 1.41. The smallest absolute Gasteiger partial charge is 0.384 e. The molecule has 0 aromatic heterocycles. The van der Waals surface area contributed by atoms with Crippen molar-refractivity contribution in [2.45, 2.75) is 12.6 Å². The first-order valence-corrected chi connectivity index (χ1v) is 2.62. The Kier molecular flexibility index (Phi) is 3.89. The fraction of sp³-hybridized carbons (Fsp3) is 0.667. The van der Waals surface area contributed by atoms with Crippen LogP contribution in [0.3, 0.4) is 0 Å². The molecule has 0 rings (SSSR count). The van der Waals surface area contributed by atoms with E-state index in [2.05, 4.69) is 4.74 Å². The summed E-state index contributed by atoms with van der Waals surface area (Å²) in [5.74, 6) is 3.05. The zero-order valence-electron chi connectivity index (χ0n) is 5.46. The molecule has 0 heterocycles. The summed E-state index contributed by atoms with van der Waals surface area (Å²) in [6.45, 7) is 0.239. The van der Waals surface area contributed by atoms with Gasteiger partial charge in [0.1, 0.15) is 0 Å². The Labute approximate surface area is 57.2 Å². The predicted octanol–water partition coefficient (Wildman–Crippen LogP) is 1.59. The lowest BCUT2D eigenvalue weighted by atomic mass is 10.4. The second kappa shape index (κ2) is 4.18. The molecule has 0 aliphatic carbocycles. The van der Waals surface area contributed by atoms with E-state index in [1.807, 2.05) is 5.92 Å². The van der Waals surface area contributed by atoms with Crippen LogP contribution in [0, 0.1) is 11.8 Å². The molecule has 0 aliphatic rings. The molecule has 0 fully saturated rings. The number of alkyl halides is 3. The number of methoxy groups -OCH3 is 1. The maximum atomic E-state index is 11.3. The topological polar surface area (TPSA) is 9.23 Å². The fourth-order valence-electron chi connectivity index (χ4n) is 0.316. The summed E-state index contributed by atoms with van der Waals surface area (Å²) in [6.07, 6.45) is -4.25. The Bertz CT molecular complexity index is 139. The van der Waals surface area contributed by atoms with Gasteiger partial charge in [-0.2, -0.15) is 13.2 Å². The van der Waals surface area contributed by atoms with Gasteiger partial charge in [0.05, 0.1) is 6.61 Å². The van der Waals surface area contributed by atoms with Crippen LogP contribution < -0.4 is 0 Å². The Balaban J connectivity index is 3.50. The first-order valence-electron chi connectivity index (χ1n) is 2.62. The monoisotopic (exact) mass is 152 g/mol. The third-order valence-corrected chi connectivity index (χ3v) is 0.661. The number of ether oxygens (including phenoxy) is 1. The average Bonchev–Trinajstić information content (AvgIpc) is 1.78. The SMILES string of the molecule is COCCC#CC(F)(F)F. The second-order valence-electron chi connectivity index (χ2n) is 1.54. The zero-order chi connectivity index (χ0) is 8.04. The molecular formula is C6H7F3O. The average molecular weight is 152 g/mol. The minimum Gasteiger partial charge on any atom is -0.384 e. The third kappa shape index (κ3) is 7.31. The largest absolute Gasteiger partial charge is 0.457 e. The molecule has 0 radical (unpaired) electrons. The van der Waals surface area contributed by atoms with Gasteiger partial charge >= 0.3 is 6.18 Å². The van der Waals surface area contributed by atoms with Crippen LogP contribution in [0.1, 0.15) is 6.42 Å². The highest BCUT2D eigenvalue weighted by molar-refractivity contribution is 5.04. The van der Waals surface area contributed by atoms with Crippen molar-refractivity contribution in [1.82, 2.24) is 0 Å². The summed E-state index contributed by atoms with van der Waals surface area (Å²) in [5, 5.41) is 0. The van der Waals surface area contributed by atoms with Gasteiger partial charge in [-0.15, -0.1) is 0 Å². The molecule has 10 heavy (non-hydrogen) atoms. The van der Waals surface area contributed by atoms with Gasteiger partial charge in [0, 0.05) is 19.5 Å². The van der Waals surface area contributed by atoms with E-state index in [1.165, 1.54) is 7.11 Å². The van der Waals surface area contributed by atoms with Gasteiger partial charge in [-0.05, 0) is 0 Å². The quantitative estimate of drug-likeness (QED) is 0.431. The van der Waals surface area contributed by atoms with Gasteiger partial charge in [0.2, 0.25) is 0 Å². The molecular weight excluding hydrogens is 145 g/mol. The van der Waals surface area contributed by atoms with Crippen LogP contribution in [-0.2, 0) is 4.74 Å². The molecule has 0 aromatic rings. The van der Waals surface area contributed by atoms with Crippen molar-refractivity contribution in [3.05, 3.63) is 0 Å². The van der Waals surface area contributed by atoms with Crippen LogP contribution in [0.25, 0.3) is 0 Å². The normalized spacial score (nSPS) is 10.4. The van der Waals surface area contributed by atoms with E-state index < -0.39 is 6.18 Å². The first-order chi connectivity index (χ1) is 4.56. The molecule has 0 saturated heterocycles. The molecule has 0 atom stereocenters. The lowest BCUT2D eigenvalue weighted by Gasteiger charge is -1.92. The predicted molar refractivity (Wildman–Crippen MR) is 30.3 cm³/mol. The van der Waals surface area contributed by atoms with E-state index in [4.69, 9.17) is 0 Å². The molecule has 4 heteroatoms. The van der Waals surface area contributed by atoms with Crippen LogP contribution in [0.15, 0.2) is 0 Å². The molecule has 0 N–H and O–H groups in total. The van der Waals surface area contributed by atoms with Crippen molar-refractivity contribution in [3.8, 4) is 11.8 Å². The van der Waals surface area contributed by atoms with Crippen LogP contribution in [0.5, 0.6) is 0 Å². The number of hydrogen-bond acceptors (Lipinski definition) is 1. The first kappa shape index (κ1) is 9.31. The highest BCUT2D eigenvalue weighted by atomic mass is 19.4. The summed E-state index contributed by atoms with van der Waals surface area (Å²) < 4.78 is 38.3. The van der Waals surface area contributed by atoms with E-state index in [0.717, 1.165) is 5.92 Å². The van der Waals surface area contributed by atoms with Gasteiger partial charge in [-0.1, -0.05) is 5.92 Å². The van der Waals surface area contributed by atoms with E-state index in [-0.39, 0.29) is 13.0 Å². The standard InChI is InChI=1S/C6H7F3O/c1-10-5-3-2-4-6(7,8)9/h3,5H2,1H3. The second-order valence-corrected chi connectivity index (χ2v) is 1.54. The molecule has 0 spiro atoms. The Morgan fingerprint density at radius 3 is 2.40 bits per heavy atom. The van der Waals surface area contributed by atoms with Gasteiger partial charge in [0.15, 0.2) is 0 Å². The lowest BCUT2D eigenvalue weighted by Crippen LogP contribution is -2.01. The molecule has 0 aromatic carbocycles. The fourth-order valence-corrected chi connectivity index (χ4v) is 0.316. The minimum absolute atomic E-state index is 0.121. The van der Waals surface area contributed by atoms with E-state index in [9.17, 15) is 13.2 Å². The van der Waals surface area contributed by atoms with Crippen molar-refractivity contribution in [1.29, 1.82) is 0 Å². The van der Waals surface area contributed by atoms with E-state index >= 15 is 0 Å². The van der Waals surface area contributed by atoms with Gasteiger partial charge in [0.25, 0.3) is 0 Å². The molecule has 0 unspecified atom stereocenters. The van der Waals surface area contributed by atoms with Crippen molar-refractivity contribution in [2.24, 2.45) is 0 Å². The van der Waals surface area contributed by atoms with Gasteiger partial charge in [-0.3, -0.25) is 0 Å². The molecule has 58 valence electrons. The summed E-state index contributed by atoms with van der Waals surface area (Å²) in [4.78, 5) is 0. The number of hydrogen-bond donors (Lipinski definition) is 0. The highest BCUT2D eigenvalue weighted by Gasteiger charge is 2.22. The molecule has 0 bridgehead atoms. The van der Waals surface area contributed by atoms with Crippen LogP contribution >= 0.6 is 0 Å². The van der Waals surface area contributed by atoms with Crippen LogP contribution in [0.4, 0.5) is 13.2 Å². The Hall–Kier alpha value is -0.690. The number of halogens is 3. The van der Waals surface area contributed by atoms with Gasteiger partial charge < -0.3 is 4.74 Å². The molecule has 1 nitrogen and oxygen atoms in total. The maximum Gasteiger partial charge on any atom is 0.457 e. The maximum absolute atomic E-state index is 11.3. The van der Waals surface area contributed by atoms with Crippen molar-refractivity contribution >= 4 is 0 Å². The minimum atomic E-state index is -4.37. The van der Waals surface area contributed by atoms with Gasteiger partial charge in [-0.25, -0.2) is 0 Å². The Morgan fingerprint density at radius 1 is 1.40 bits per heavy atom. The van der Waals surface area contributed by atoms with Crippen LogP contribution in [0.2, 0.25) is 0 Å². The molecule has 0 saturated carbocycles. The highest BCUT2D eigenvalue weighted by Crippen LogP contribution is 2.11.